The molecule has 21 heavy (non-hydrogen) atoms. The van der Waals surface area contributed by atoms with Gasteiger partial charge in [-0.15, -0.1) is 0 Å². The van der Waals surface area contributed by atoms with Gasteiger partial charge in [0.1, 0.15) is 0 Å². The molecule has 0 spiro atoms. The fourth-order valence-electron chi connectivity index (χ4n) is 2.08. The van der Waals surface area contributed by atoms with Crippen LogP contribution in [0.1, 0.15) is 22.9 Å². The van der Waals surface area contributed by atoms with Gasteiger partial charge < -0.3 is 5.32 Å². The Morgan fingerprint density at radius 1 is 1.24 bits per heavy atom. The van der Waals surface area contributed by atoms with Crippen molar-refractivity contribution in [3.05, 3.63) is 63.9 Å². The molecule has 0 aliphatic heterocycles. The monoisotopic (exact) mass is 358 g/mol. The lowest BCUT2D eigenvalue weighted by molar-refractivity contribution is -0.137. The van der Waals surface area contributed by atoms with Crippen molar-refractivity contribution >= 4 is 15.9 Å². The lowest BCUT2D eigenvalue weighted by atomic mass is 9.99. The molecule has 0 saturated carbocycles. The molecule has 6 heteroatoms. The predicted molar refractivity (Wildman–Crippen MR) is 78.9 cm³/mol. The summed E-state index contributed by atoms with van der Waals surface area (Å²) in [7, 11) is 1.72. The molecule has 0 aliphatic carbocycles. The first-order chi connectivity index (χ1) is 9.91. The predicted octanol–water partition coefficient (Wildman–Crippen LogP) is 4.37. The fourth-order valence-corrected chi connectivity index (χ4v) is 2.61. The van der Waals surface area contributed by atoms with E-state index in [1.807, 2.05) is 12.1 Å². The highest BCUT2D eigenvalue weighted by atomic mass is 79.9. The molecule has 0 fully saturated rings. The number of benzene rings is 1. The standard InChI is InChI=1S/C15H14BrF3N2/c1-20-14(9-11-4-2-3-7-21-11)12-8-10(15(17,18)19)5-6-13(12)16/h2-8,14,20H,9H2,1H3. The van der Waals surface area contributed by atoms with E-state index in [4.69, 9.17) is 0 Å². The second-order valence-corrected chi connectivity index (χ2v) is 5.45. The molecular weight excluding hydrogens is 345 g/mol. The summed E-state index contributed by atoms with van der Waals surface area (Å²) in [5, 5.41) is 3.05. The Bertz CT molecular complexity index is 600. The SMILES string of the molecule is CNC(Cc1ccccn1)c1cc(C(F)(F)F)ccc1Br. The van der Waals surface area contributed by atoms with Gasteiger partial charge in [-0.25, -0.2) is 0 Å². The summed E-state index contributed by atoms with van der Waals surface area (Å²) >= 11 is 3.32. The van der Waals surface area contributed by atoms with Gasteiger partial charge in [0.25, 0.3) is 0 Å². The van der Waals surface area contributed by atoms with Gasteiger partial charge in [-0.1, -0.05) is 22.0 Å². The van der Waals surface area contributed by atoms with Gasteiger partial charge >= 0.3 is 6.18 Å². The number of aromatic nitrogens is 1. The van der Waals surface area contributed by atoms with E-state index < -0.39 is 11.7 Å². The third-order valence-corrected chi connectivity index (χ3v) is 3.91. The van der Waals surface area contributed by atoms with Crippen molar-refractivity contribution in [2.45, 2.75) is 18.6 Å². The van der Waals surface area contributed by atoms with E-state index >= 15 is 0 Å². The number of nitrogens with one attached hydrogen (secondary N) is 1. The minimum absolute atomic E-state index is 0.253. The van der Waals surface area contributed by atoms with E-state index in [0.29, 0.717) is 16.5 Å². The Kier molecular flexibility index (Phi) is 5.00. The average Bonchev–Trinajstić information content (AvgIpc) is 2.45. The zero-order valence-corrected chi connectivity index (χ0v) is 12.9. The normalized spacial score (nSPS) is 13.2. The van der Waals surface area contributed by atoms with Crippen LogP contribution in [0.3, 0.4) is 0 Å². The number of halogens is 4. The van der Waals surface area contributed by atoms with Crippen molar-refractivity contribution in [2.75, 3.05) is 7.05 Å². The summed E-state index contributed by atoms with van der Waals surface area (Å²) in [6, 6.07) is 8.94. The summed E-state index contributed by atoms with van der Waals surface area (Å²) in [5.41, 5.74) is 0.737. The van der Waals surface area contributed by atoms with Crippen LogP contribution in [0, 0.1) is 0 Å². The molecule has 2 nitrogen and oxygen atoms in total. The van der Waals surface area contributed by atoms with E-state index in [2.05, 4.69) is 26.2 Å². The molecule has 0 bridgehead atoms. The Hall–Kier alpha value is -1.40. The molecule has 0 amide bonds. The Morgan fingerprint density at radius 2 is 2.00 bits per heavy atom. The van der Waals surface area contributed by atoms with E-state index in [1.165, 1.54) is 12.1 Å². The van der Waals surface area contributed by atoms with Gasteiger partial charge in [0.15, 0.2) is 0 Å². The van der Waals surface area contributed by atoms with Gasteiger partial charge in [-0.05, 0) is 42.9 Å². The van der Waals surface area contributed by atoms with Crippen LogP contribution in [0.25, 0.3) is 0 Å². The molecule has 0 aliphatic rings. The Morgan fingerprint density at radius 3 is 2.57 bits per heavy atom. The Labute approximate surface area is 129 Å². The third kappa shape index (κ3) is 4.04. The average molecular weight is 359 g/mol. The molecule has 1 heterocycles. The third-order valence-electron chi connectivity index (χ3n) is 3.19. The number of rotatable bonds is 4. The quantitative estimate of drug-likeness (QED) is 0.877. The molecule has 0 saturated heterocycles. The molecule has 2 aromatic rings. The second kappa shape index (κ2) is 6.58. The van der Waals surface area contributed by atoms with Crippen LogP contribution < -0.4 is 5.32 Å². The van der Waals surface area contributed by atoms with Crippen LogP contribution in [0.2, 0.25) is 0 Å². The van der Waals surface area contributed by atoms with Crippen LogP contribution in [0.15, 0.2) is 47.1 Å². The molecule has 2 rings (SSSR count). The minimum atomic E-state index is -4.35. The van der Waals surface area contributed by atoms with Crippen molar-refractivity contribution in [1.82, 2.24) is 10.3 Å². The number of likely N-dealkylation sites (N-methyl/N-ethyl adjacent to an activating group) is 1. The van der Waals surface area contributed by atoms with Crippen LogP contribution >= 0.6 is 15.9 Å². The zero-order chi connectivity index (χ0) is 15.5. The van der Waals surface area contributed by atoms with Gasteiger partial charge in [-0.3, -0.25) is 4.98 Å². The van der Waals surface area contributed by atoms with Crippen LogP contribution in [-0.2, 0) is 12.6 Å². The lowest BCUT2D eigenvalue weighted by Gasteiger charge is -2.19. The lowest BCUT2D eigenvalue weighted by Crippen LogP contribution is -2.20. The molecular formula is C15H14BrF3N2. The molecule has 1 atom stereocenters. The summed E-state index contributed by atoms with van der Waals surface area (Å²) in [5.74, 6) is 0. The van der Waals surface area contributed by atoms with Crippen LogP contribution in [0.4, 0.5) is 13.2 Å². The number of alkyl halides is 3. The van der Waals surface area contributed by atoms with Crippen LogP contribution in [0.5, 0.6) is 0 Å². The molecule has 1 N–H and O–H groups in total. The maximum Gasteiger partial charge on any atom is 0.416 e. The van der Waals surface area contributed by atoms with E-state index in [-0.39, 0.29) is 6.04 Å². The topological polar surface area (TPSA) is 24.9 Å². The van der Waals surface area contributed by atoms with Gasteiger partial charge in [0.2, 0.25) is 0 Å². The summed E-state index contributed by atoms with van der Waals surface area (Å²) in [6.07, 6.45) is -2.17. The smallest absolute Gasteiger partial charge is 0.313 e. The van der Waals surface area contributed by atoms with E-state index in [9.17, 15) is 13.2 Å². The number of nitrogens with zero attached hydrogens (tertiary/aromatic N) is 1. The van der Waals surface area contributed by atoms with E-state index in [1.54, 1.807) is 19.3 Å². The maximum absolute atomic E-state index is 12.8. The van der Waals surface area contributed by atoms with Crippen molar-refractivity contribution in [1.29, 1.82) is 0 Å². The highest BCUT2D eigenvalue weighted by molar-refractivity contribution is 9.10. The number of hydrogen-bond donors (Lipinski definition) is 1. The first-order valence-corrected chi connectivity index (χ1v) is 7.15. The molecule has 1 unspecified atom stereocenters. The van der Waals surface area contributed by atoms with Gasteiger partial charge in [0.05, 0.1) is 5.56 Å². The zero-order valence-electron chi connectivity index (χ0n) is 11.3. The van der Waals surface area contributed by atoms with Crippen molar-refractivity contribution in [2.24, 2.45) is 0 Å². The minimum Gasteiger partial charge on any atom is -0.313 e. The first-order valence-electron chi connectivity index (χ1n) is 6.35. The number of pyridine rings is 1. The maximum atomic E-state index is 12.8. The first kappa shape index (κ1) is 16.0. The highest BCUT2D eigenvalue weighted by Crippen LogP contribution is 2.34. The molecule has 0 radical (unpaired) electrons. The van der Waals surface area contributed by atoms with E-state index in [0.717, 1.165) is 11.8 Å². The van der Waals surface area contributed by atoms with Gasteiger partial charge in [-0.2, -0.15) is 13.2 Å². The summed E-state index contributed by atoms with van der Waals surface area (Å²) < 4.78 is 39.2. The van der Waals surface area contributed by atoms with Gasteiger partial charge in [0, 0.05) is 28.8 Å². The molecule has 1 aromatic heterocycles. The van der Waals surface area contributed by atoms with Crippen molar-refractivity contribution in [3.63, 3.8) is 0 Å². The Balaban J connectivity index is 2.33. The van der Waals surface area contributed by atoms with Crippen molar-refractivity contribution in [3.8, 4) is 0 Å². The van der Waals surface area contributed by atoms with Crippen LogP contribution in [-0.4, -0.2) is 12.0 Å². The molecule has 1 aromatic carbocycles. The molecule has 112 valence electrons. The fraction of sp³-hybridized carbons (Fsp3) is 0.267. The highest BCUT2D eigenvalue weighted by Gasteiger charge is 2.31. The number of hydrogen-bond acceptors (Lipinski definition) is 2. The summed E-state index contributed by atoms with van der Waals surface area (Å²) in [6.45, 7) is 0. The largest absolute Gasteiger partial charge is 0.416 e. The van der Waals surface area contributed by atoms with Crippen molar-refractivity contribution < 1.29 is 13.2 Å². The summed E-state index contributed by atoms with van der Waals surface area (Å²) in [4.78, 5) is 4.22. The second-order valence-electron chi connectivity index (χ2n) is 4.60.